The van der Waals surface area contributed by atoms with Crippen LogP contribution in [0.15, 0.2) is 16.6 Å². The summed E-state index contributed by atoms with van der Waals surface area (Å²) >= 11 is 9.40. The number of ether oxygens (including phenoxy) is 2. The van der Waals surface area contributed by atoms with Gasteiger partial charge in [0.25, 0.3) is 0 Å². The lowest BCUT2D eigenvalue weighted by Gasteiger charge is -2.20. The highest BCUT2D eigenvalue weighted by Gasteiger charge is 2.14. The molecule has 0 bridgehead atoms. The third kappa shape index (κ3) is 5.62. The first-order valence-corrected chi connectivity index (χ1v) is 7.84. The fourth-order valence-corrected chi connectivity index (χ4v) is 2.32. The first kappa shape index (κ1) is 16.6. The highest BCUT2D eigenvalue weighted by molar-refractivity contribution is 9.10. The molecule has 0 atom stereocenters. The standard InChI is InChI=1S/C15H22BrClO2/c1-5-18-13-9-11(10-17)8-12(16)14(13)19-7-6-15(2,3)4/h8-9H,5-7,10H2,1-4H3. The van der Waals surface area contributed by atoms with Gasteiger partial charge in [0.15, 0.2) is 11.5 Å². The zero-order chi connectivity index (χ0) is 14.5. The van der Waals surface area contributed by atoms with Gasteiger partial charge in [-0.15, -0.1) is 11.6 Å². The Morgan fingerprint density at radius 2 is 1.89 bits per heavy atom. The van der Waals surface area contributed by atoms with Crippen molar-refractivity contribution < 1.29 is 9.47 Å². The van der Waals surface area contributed by atoms with Crippen molar-refractivity contribution in [3.05, 3.63) is 22.2 Å². The lowest BCUT2D eigenvalue weighted by molar-refractivity contribution is 0.228. The highest BCUT2D eigenvalue weighted by atomic mass is 79.9. The van der Waals surface area contributed by atoms with Gasteiger partial charge in [0.05, 0.1) is 17.7 Å². The minimum atomic E-state index is 0.258. The van der Waals surface area contributed by atoms with E-state index in [0.29, 0.717) is 19.1 Å². The smallest absolute Gasteiger partial charge is 0.175 e. The average Bonchev–Trinajstić information content (AvgIpc) is 2.31. The van der Waals surface area contributed by atoms with E-state index in [2.05, 4.69) is 36.7 Å². The zero-order valence-electron chi connectivity index (χ0n) is 12.1. The van der Waals surface area contributed by atoms with Crippen LogP contribution in [0.2, 0.25) is 0 Å². The second-order valence-corrected chi connectivity index (χ2v) is 6.75. The quantitative estimate of drug-likeness (QED) is 0.640. The van der Waals surface area contributed by atoms with Crippen molar-refractivity contribution in [3.8, 4) is 11.5 Å². The van der Waals surface area contributed by atoms with E-state index in [1.165, 1.54) is 0 Å². The van der Waals surface area contributed by atoms with Crippen LogP contribution in [0.4, 0.5) is 0 Å². The number of hydrogen-bond acceptors (Lipinski definition) is 2. The fourth-order valence-electron chi connectivity index (χ4n) is 1.56. The van der Waals surface area contributed by atoms with Crippen LogP contribution in [-0.4, -0.2) is 13.2 Å². The molecule has 1 aromatic carbocycles. The molecule has 108 valence electrons. The van der Waals surface area contributed by atoms with Gasteiger partial charge >= 0.3 is 0 Å². The molecule has 0 spiro atoms. The largest absolute Gasteiger partial charge is 0.490 e. The lowest BCUT2D eigenvalue weighted by Crippen LogP contribution is -2.12. The summed E-state index contributed by atoms with van der Waals surface area (Å²) in [5.41, 5.74) is 1.27. The van der Waals surface area contributed by atoms with Crippen molar-refractivity contribution in [1.29, 1.82) is 0 Å². The van der Waals surface area contributed by atoms with Gasteiger partial charge in [-0.25, -0.2) is 0 Å². The number of benzene rings is 1. The fraction of sp³-hybridized carbons (Fsp3) is 0.600. The predicted molar refractivity (Wildman–Crippen MR) is 84.4 cm³/mol. The second kappa shape index (κ2) is 7.39. The molecule has 0 heterocycles. The zero-order valence-corrected chi connectivity index (χ0v) is 14.4. The number of hydrogen-bond donors (Lipinski definition) is 0. The Kier molecular flexibility index (Phi) is 6.48. The number of rotatable bonds is 6. The first-order valence-electron chi connectivity index (χ1n) is 6.51. The molecule has 0 aliphatic rings. The molecule has 0 saturated carbocycles. The van der Waals surface area contributed by atoms with E-state index in [0.717, 1.165) is 28.0 Å². The molecule has 0 radical (unpaired) electrons. The van der Waals surface area contributed by atoms with Crippen molar-refractivity contribution in [2.45, 2.75) is 40.0 Å². The topological polar surface area (TPSA) is 18.5 Å². The van der Waals surface area contributed by atoms with E-state index >= 15 is 0 Å². The number of halogens is 2. The van der Waals surface area contributed by atoms with E-state index in [9.17, 15) is 0 Å². The third-order valence-corrected chi connectivity index (χ3v) is 3.52. The summed E-state index contributed by atoms with van der Waals surface area (Å²) in [5, 5.41) is 0. The van der Waals surface area contributed by atoms with E-state index in [1.54, 1.807) is 0 Å². The van der Waals surface area contributed by atoms with Crippen LogP contribution >= 0.6 is 27.5 Å². The molecule has 0 unspecified atom stereocenters. The van der Waals surface area contributed by atoms with Crippen molar-refractivity contribution in [2.24, 2.45) is 5.41 Å². The molecule has 2 nitrogen and oxygen atoms in total. The molecule has 0 saturated heterocycles. The summed E-state index contributed by atoms with van der Waals surface area (Å²) in [5.74, 6) is 1.97. The van der Waals surface area contributed by atoms with Crippen LogP contribution in [0.3, 0.4) is 0 Å². The normalized spacial score (nSPS) is 11.5. The molecular weight excluding hydrogens is 328 g/mol. The minimum Gasteiger partial charge on any atom is -0.490 e. The van der Waals surface area contributed by atoms with E-state index in [-0.39, 0.29) is 5.41 Å². The van der Waals surface area contributed by atoms with Crippen LogP contribution < -0.4 is 9.47 Å². The van der Waals surface area contributed by atoms with Crippen molar-refractivity contribution >= 4 is 27.5 Å². The summed E-state index contributed by atoms with van der Waals surface area (Å²) in [6, 6.07) is 3.91. The molecule has 0 aliphatic carbocycles. The van der Waals surface area contributed by atoms with Crippen LogP contribution in [-0.2, 0) is 5.88 Å². The maximum atomic E-state index is 5.88. The van der Waals surface area contributed by atoms with Gasteiger partial charge in [0, 0.05) is 5.88 Å². The summed E-state index contributed by atoms with van der Waals surface area (Å²) in [6.07, 6.45) is 0.988. The Bertz CT molecular complexity index is 413. The van der Waals surface area contributed by atoms with Crippen molar-refractivity contribution in [2.75, 3.05) is 13.2 Å². The third-order valence-electron chi connectivity index (χ3n) is 2.62. The van der Waals surface area contributed by atoms with Crippen LogP contribution in [0.25, 0.3) is 0 Å². The second-order valence-electron chi connectivity index (χ2n) is 5.63. The Morgan fingerprint density at radius 3 is 2.42 bits per heavy atom. The number of alkyl halides is 1. The monoisotopic (exact) mass is 348 g/mol. The van der Waals surface area contributed by atoms with Gasteiger partial charge in [-0.05, 0) is 52.4 Å². The molecule has 19 heavy (non-hydrogen) atoms. The summed E-state index contributed by atoms with van der Waals surface area (Å²) in [4.78, 5) is 0. The van der Waals surface area contributed by atoms with Gasteiger partial charge in [-0.1, -0.05) is 20.8 Å². The molecule has 4 heteroatoms. The van der Waals surface area contributed by atoms with Gasteiger partial charge in [0.2, 0.25) is 0 Å². The Labute approximate surface area is 129 Å². The SMILES string of the molecule is CCOc1cc(CCl)cc(Br)c1OCCC(C)(C)C. The molecule has 0 N–H and O–H groups in total. The maximum absolute atomic E-state index is 5.88. The van der Waals surface area contributed by atoms with Crippen molar-refractivity contribution in [3.63, 3.8) is 0 Å². The highest BCUT2D eigenvalue weighted by Crippen LogP contribution is 2.37. The van der Waals surface area contributed by atoms with E-state index in [1.807, 2.05) is 19.1 Å². The molecule has 0 aliphatic heterocycles. The van der Waals surface area contributed by atoms with E-state index in [4.69, 9.17) is 21.1 Å². The molecule has 0 fully saturated rings. The summed E-state index contributed by atoms with van der Waals surface area (Å²) in [7, 11) is 0. The molecule has 1 aromatic rings. The van der Waals surface area contributed by atoms with Crippen LogP contribution in [0.1, 0.15) is 39.7 Å². The minimum absolute atomic E-state index is 0.258. The lowest BCUT2D eigenvalue weighted by atomic mass is 9.93. The van der Waals surface area contributed by atoms with Gasteiger partial charge < -0.3 is 9.47 Å². The van der Waals surface area contributed by atoms with E-state index < -0.39 is 0 Å². The Balaban J connectivity index is 2.85. The molecule has 0 amide bonds. The van der Waals surface area contributed by atoms with Crippen LogP contribution in [0, 0.1) is 5.41 Å². The Hall–Kier alpha value is -0.410. The van der Waals surface area contributed by atoms with Gasteiger partial charge in [-0.3, -0.25) is 0 Å². The Morgan fingerprint density at radius 1 is 1.21 bits per heavy atom. The maximum Gasteiger partial charge on any atom is 0.175 e. The van der Waals surface area contributed by atoms with Crippen molar-refractivity contribution in [1.82, 2.24) is 0 Å². The summed E-state index contributed by atoms with van der Waals surface area (Å²) < 4.78 is 12.4. The van der Waals surface area contributed by atoms with Gasteiger partial charge in [0.1, 0.15) is 0 Å². The summed E-state index contributed by atoms with van der Waals surface area (Å²) in [6.45, 7) is 9.83. The molecule has 1 rings (SSSR count). The molecular formula is C15H22BrClO2. The predicted octanol–water partition coefficient (Wildman–Crippen LogP) is 5.40. The van der Waals surface area contributed by atoms with Gasteiger partial charge in [-0.2, -0.15) is 0 Å². The first-order chi connectivity index (χ1) is 8.87. The van der Waals surface area contributed by atoms with Crippen LogP contribution in [0.5, 0.6) is 11.5 Å². The average molecular weight is 350 g/mol. The molecule has 0 aromatic heterocycles.